The average Bonchev–Trinajstić information content (AvgIpc) is 3.33. The second-order valence-corrected chi connectivity index (χ2v) is 10.6. The number of aryl methyl sites for hydroxylation is 1. The average molecular weight is 428 g/mol. The van der Waals surface area contributed by atoms with Gasteiger partial charge >= 0.3 is 0 Å². The molecule has 2 aromatic rings. The topological polar surface area (TPSA) is 81.1 Å². The number of benzene rings is 1. The lowest BCUT2D eigenvalue weighted by atomic mass is 9.97. The number of sulfone groups is 1. The molecule has 1 fully saturated rings. The molecule has 2 aliphatic rings. The van der Waals surface area contributed by atoms with E-state index in [1.54, 1.807) is 10.7 Å². The van der Waals surface area contributed by atoms with Gasteiger partial charge in [0.15, 0.2) is 15.5 Å². The van der Waals surface area contributed by atoms with Gasteiger partial charge in [-0.25, -0.2) is 8.42 Å². The molecule has 160 valence electrons. The molecule has 1 amide bonds. The third-order valence-corrected chi connectivity index (χ3v) is 7.74. The Morgan fingerprint density at radius 3 is 2.70 bits per heavy atom. The van der Waals surface area contributed by atoms with Gasteiger partial charge in [-0.05, 0) is 57.1 Å². The van der Waals surface area contributed by atoms with Crippen molar-refractivity contribution in [3.05, 3.63) is 53.2 Å². The van der Waals surface area contributed by atoms with Gasteiger partial charge in [0, 0.05) is 6.54 Å². The van der Waals surface area contributed by atoms with E-state index in [-0.39, 0.29) is 23.5 Å². The molecule has 0 radical (unpaired) electrons. The number of nitrogens with one attached hydrogen (secondary N) is 1. The molecular weight excluding hydrogens is 398 g/mol. The van der Waals surface area contributed by atoms with Crippen molar-refractivity contribution in [2.24, 2.45) is 0 Å². The Morgan fingerprint density at radius 2 is 2.03 bits per heavy atom. The maximum atomic E-state index is 12.8. The standard InChI is InChI=1S/C23H29N3O3S/c1-17-7-9-19(10-8-17)22-15-21(25-26(22)20-12-14-30(28,29)16-20)23(27)24-13-11-18-5-3-2-4-6-18/h5,7-10,15,20H,2-4,6,11-14,16H2,1H3,(H,24,27). The largest absolute Gasteiger partial charge is 0.350 e. The fraction of sp³-hybridized carbons (Fsp3) is 0.478. The molecule has 1 aliphatic carbocycles. The molecule has 4 rings (SSSR count). The molecule has 1 unspecified atom stereocenters. The number of hydrogen-bond acceptors (Lipinski definition) is 4. The number of allylic oxidation sites excluding steroid dienone is 1. The van der Waals surface area contributed by atoms with Crippen LogP contribution in [0, 0.1) is 6.92 Å². The smallest absolute Gasteiger partial charge is 0.271 e. The molecule has 0 bridgehead atoms. The highest BCUT2D eigenvalue weighted by molar-refractivity contribution is 7.91. The maximum Gasteiger partial charge on any atom is 0.271 e. The highest BCUT2D eigenvalue weighted by Crippen LogP contribution is 2.30. The number of rotatable bonds is 6. The Bertz CT molecular complexity index is 1050. The monoisotopic (exact) mass is 427 g/mol. The van der Waals surface area contributed by atoms with Crippen molar-refractivity contribution in [2.45, 2.75) is 51.5 Å². The molecule has 1 saturated heterocycles. The van der Waals surface area contributed by atoms with Crippen LogP contribution in [0.25, 0.3) is 11.3 Å². The Labute approximate surface area is 178 Å². The number of carbonyl (C=O) groups excluding carboxylic acids is 1. The molecule has 6 nitrogen and oxygen atoms in total. The Hall–Kier alpha value is -2.41. The molecule has 1 atom stereocenters. The van der Waals surface area contributed by atoms with Crippen molar-refractivity contribution in [3.63, 3.8) is 0 Å². The normalized spacial score (nSPS) is 20.7. The minimum Gasteiger partial charge on any atom is -0.350 e. The summed E-state index contributed by atoms with van der Waals surface area (Å²) in [5.41, 5.74) is 4.63. The fourth-order valence-electron chi connectivity index (χ4n) is 4.25. The zero-order valence-electron chi connectivity index (χ0n) is 17.4. The van der Waals surface area contributed by atoms with E-state index < -0.39 is 9.84 Å². The van der Waals surface area contributed by atoms with Crippen LogP contribution < -0.4 is 5.32 Å². The summed E-state index contributed by atoms with van der Waals surface area (Å²) in [6.45, 7) is 2.61. The van der Waals surface area contributed by atoms with Crippen molar-refractivity contribution in [3.8, 4) is 11.3 Å². The van der Waals surface area contributed by atoms with Gasteiger partial charge in [-0.15, -0.1) is 0 Å². The SMILES string of the molecule is Cc1ccc(-c2cc(C(=O)NCCC3=CCCCC3)nn2C2CCS(=O)(=O)C2)cc1. The van der Waals surface area contributed by atoms with Gasteiger partial charge in [-0.2, -0.15) is 5.10 Å². The van der Waals surface area contributed by atoms with Gasteiger partial charge < -0.3 is 5.32 Å². The summed E-state index contributed by atoms with van der Waals surface area (Å²) in [5, 5.41) is 7.53. The lowest BCUT2D eigenvalue weighted by molar-refractivity contribution is 0.0948. The van der Waals surface area contributed by atoms with Crippen LogP contribution in [0.2, 0.25) is 0 Å². The van der Waals surface area contributed by atoms with Crippen LogP contribution in [0.5, 0.6) is 0 Å². The number of carbonyl (C=O) groups is 1. The summed E-state index contributed by atoms with van der Waals surface area (Å²) < 4.78 is 25.8. The zero-order chi connectivity index (χ0) is 21.1. The first-order valence-electron chi connectivity index (χ1n) is 10.7. The Kier molecular flexibility index (Phi) is 6.09. The van der Waals surface area contributed by atoms with Crippen LogP contribution in [-0.4, -0.2) is 42.2 Å². The zero-order valence-corrected chi connectivity index (χ0v) is 18.2. The molecule has 2 heterocycles. The van der Waals surface area contributed by atoms with Crippen molar-refractivity contribution >= 4 is 15.7 Å². The molecule has 1 N–H and O–H groups in total. The van der Waals surface area contributed by atoms with E-state index in [0.29, 0.717) is 18.7 Å². The van der Waals surface area contributed by atoms with E-state index in [9.17, 15) is 13.2 Å². The highest BCUT2D eigenvalue weighted by atomic mass is 32.2. The minimum atomic E-state index is -3.05. The maximum absolute atomic E-state index is 12.8. The predicted molar refractivity (Wildman–Crippen MR) is 118 cm³/mol. The first-order valence-corrected chi connectivity index (χ1v) is 12.6. The third-order valence-electron chi connectivity index (χ3n) is 5.99. The quantitative estimate of drug-likeness (QED) is 0.710. The number of aromatic nitrogens is 2. The van der Waals surface area contributed by atoms with Crippen LogP contribution in [0.15, 0.2) is 42.0 Å². The van der Waals surface area contributed by atoms with Crippen LogP contribution in [-0.2, 0) is 9.84 Å². The van der Waals surface area contributed by atoms with Crippen molar-refractivity contribution in [1.82, 2.24) is 15.1 Å². The molecule has 7 heteroatoms. The molecular formula is C23H29N3O3S. The lowest BCUT2D eigenvalue weighted by Crippen LogP contribution is -2.25. The van der Waals surface area contributed by atoms with E-state index in [1.165, 1.54) is 18.4 Å². The van der Waals surface area contributed by atoms with E-state index >= 15 is 0 Å². The molecule has 30 heavy (non-hydrogen) atoms. The van der Waals surface area contributed by atoms with Gasteiger partial charge in [-0.1, -0.05) is 41.5 Å². The third kappa shape index (κ3) is 4.83. The summed E-state index contributed by atoms with van der Waals surface area (Å²) in [6, 6.07) is 9.55. The van der Waals surface area contributed by atoms with Crippen molar-refractivity contribution in [2.75, 3.05) is 18.1 Å². The van der Waals surface area contributed by atoms with Gasteiger partial charge in [0.05, 0.1) is 23.2 Å². The van der Waals surface area contributed by atoms with Gasteiger partial charge in [-0.3, -0.25) is 9.48 Å². The highest BCUT2D eigenvalue weighted by Gasteiger charge is 2.32. The summed E-state index contributed by atoms with van der Waals surface area (Å²) in [4.78, 5) is 12.8. The van der Waals surface area contributed by atoms with E-state index in [4.69, 9.17) is 0 Å². The first kappa shape index (κ1) is 20.8. The first-order chi connectivity index (χ1) is 14.4. The lowest BCUT2D eigenvalue weighted by Gasteiger charge is -2.13. The second kappa shape index (κ2) is 8.76. The predicted octanol–water partition coefficient (Wildman–Crippen LogP) is 3.84. The van der Waals surface area contributed by atoms with Crippen molar-refractivity contribution < 1.29 is 13.2 Å². The Morgan fingerprint density at radius 1 is 1.23 bits per heavy atom. The molecule has 1 aromatic carbocycles. The molecule has 1 aliphatic heterocycles. The molecule has 0 spiro atoms. The van der Waals surface area contributed by atoms with Crippen LogP contribution in [0.4, 0.5) is 0 Å². The van der Waals surface area contributed by atoms with Gasteiger partial charge in [0.25, 0.3) is 5.91 Å². The molecule has 1 aromatic heterocycles. The summed E-state index contributed by atoms with van der Waals surface area (Å²) in [7, 11) is -3.05. The van der Waals surface area contributed by atoms with Crippen molar-refractivity contribution in [1.29, 1.82) is 0 Å². The van der Waals surface area contributed by atoms with Gasteiger partial charge in [0.1, 0.15) is 0 Å². The second-order valence-electron chi connectivity index (χ2n) is 8.40. The summed E-state index contributed by atoms with van der Waals surface area (Å²) in [5.74, 6) is 0.0314. The van der Waals surface area contributed by atoms with Crippen LogP contribution >= 0.6 is 0 Å². The molecule has 0 saturated carbocycles. The van der Waals surface area contributed by atoms with Crippen LogP contribution in [0.1, 0.15) is 60.6 Å². The number of amides is 1. The van der Waals surface area contributed by atoms with E-state index in [2.05, 4.69) is 16.5 Å². The number of nitrogens with zero attached hydrogens (tertiary/aromatic N) is 2. The Balaban J connectivity index is 1.54. The minimum absolute atomic E-state index is 0.0722. The van der Waals surface area contributed by atoms with Gasteiger partial charge in [0.2, 0.25) is 0 Å². The number of hydrogen-bond donors (Lipinski definition) is 1. The van der Waals surface area contributed by atoms with Crippen LogP contribution in [0.3, 0.4) is 0 Å². The summed E-state index contributed by atoms with van der Waals surface area (Å²) in [6.07, 6.45) is 8.44. The fourth-order valence-corrected chi connectivity index (χ4v) is 5.94. The summed E-state index contributed by atoms with van der Waals surface area (Å²) >= 11 is 0. The van der Waals surface area contributed by atoms with E-state index in [0.717, 1.165) is 36.1 Å². The van der Waals surface area contributed by atoms with E-state index in [1.807, 2.05) is 31.2 Å².